The van der Waals surface area contributed by atoms with Gasteiger partial charge in [-0.15, -0.1) is 0 Å². The molecule has 0 aliphatic carbocycles. The number of rotatable bonds is 3. The number of aliphatic hydroxyl groups is 1. The number of aryl methyl sites for hydroxylation is 1. The van der Waals surface area contributed by atoms with Crippen molar-refractivity contribution < 1.29 is 14.7 Å². The average Bonchev–Trinajstić information content (AvgIpc) is 3.32. The van der Waals surface area contributed by atoms with E-state index in [1.54, 1.807) is 54.9 Å². The Morgan fingerprint density at radius 3 is 2.50 bits per heavy atom. The second-order valence-corrected chi connectivity index (χ2v) is 8.87. The SMILES string of the molecule is Cc1ccc(C(O)=C2C(=O)C(=O)N(c3nc4ccc(Cl)cc4s3)C2c2ccncc2)cc1. The zero-order chi connectivity index (χ0) is 22.4. The van der Waals surface area contributed by atoms with Crippen LogP contribution in [0.4, 0.5) is 5.13 Å². The van der Waals surface area contributed by atoms with Crippen LogP contribution < -0.4 is 4.90 Å². The first kappa shape index (κ1) is 20.4. The maximum absolute atomic E-state index is 13.2. The number of hydrogen-bond donors (Lipinski definition) is 1. The summed E-state index contributed by atoms with van der Waals surface area (Å²) in [7, 11) is 0. The topological polar surface area (TPSA) is 83.4 Å². The second-order valence-electron chi connectivity index (χ2n) is 7.42. The Balaban J connectivity index is 1.72. The highest BCUT2D eigenvalue weighted by atomic mass is 35.5. The standard InChI is InChI=1S/C24H16ClN3O3S/c1-13-2-4-15(5-3-13)21(29)19-20(14-8-10-26-11-9-14)28(23(31)22(19)30)24-27-17-7-6-16(25)12-18(17)32-24/h2-12,20,29H,1H3. The van der Waals surface area contributed by atoms with E-state index in [0.29, 0.717) is 26.8 Å². The number of aliphatic hydroxyl groups excluding tert-OH is 1. The molecular formula is C24H16ClN3O3S. The molecule has 1 N–H and O–H groups in total. The molecule has 1 aliphatic heterocycles. The van der Waals surface area contributed by atoms with Gasteiger partial charge in [-0.1, -0.05) is 52.8 Å². The fourth-order valence-corrected chi connectivity index (χ4v) is 5.02. The lowest BCUT2D eigenvalue weighted by atomic mass is 9.96. The predicted octanol–water partition coefficient (Wildman–Crippen LogP) is 5.28. The van der Waals surface area contributed by atoms with E-state index in [1.165, 1.54) is 16.2 Å². The number of benzene rings is 2. The van der Waals surface area contributed by atoms with Gasteiger partial charge in [-0.3, -0.25) is 19.5 Å². The van der Waals surface area contributed by atoms with Crippen LogP contribution in [0.25, 0.3) is 16.0 Å². The number of anilines is 1. The molecule has 0 saturated carbocycles. The van der Waals surface area contributed by atoms with Gasteiger partial charge in [-0.25, -0.2) is 4.98 Å². The van der Waals surface area contributed by atoms with Crippen molar-refractivity contribution in [3.8, 4) is 0 Å². The minimum atomic E-state index is -0.838. The van der Waals surface area contributed by atoms with Gasteiger partial charge in [0.25, 0.3) is 5.78 Å². The first-order valence-corrected chi connectivity index (χ1v) is 11.0. The number of thiazole rings is 1. The molecule has 3 heterocycles. The molecule has 5 rings (SSSR count). The summed E-state index contributed by atoms with van der Waals surface area (Å²) >= 11 is 7.37. The number of halogens is 1. The summed E-state index contributed by atoms with van der Waals surface area (Å²) in [6.07, 6.45) is 3.17. The van der Waals surface area contributed by atoms with Gasteiger partial charge in [0, 0.05) is 23.0 Å². The van der Waals surface area contributed by atoms with E-state index >= 15 is 0 Å². The molecule has 0 spiro atoms. The summed E-state index contributed by atoms with van der Waals surface area (Å²) in [6, 6.07) is 15.0. The summed E-state index contributed by atoms with van der Waals surface area (Å²) in [4.78, 5) is 36.3. The van der Waals surface area contributed by atoms with Crippen molar-refractivity contribution >= 4 is 55.7 Å². The number of Topliss-reactive ketones (excluding diaryl/α,β-unsaturated/α-hetero) is 1. The van der Waals surface area contributed by atoms with E-state index in [4.69, 9.17) is 11.6 Å². The van der Waals surface area contributed by atoms with Crippen molar-refractivity contribution in [1.29, 1.82) is 0 Å². The van der Waals surface area contributed by atoms with E-state index in [2.05, 4.69) is 9.97 Å². The fourth-order valence-electron chi connectivity index (χ4n) is 3.75. The number of fused-ring (bicyclic) bond motifs is 1. The normalized spacial score (nSPS) is 17.9. The van der Waals surface area contributed by atoms with Crippen LogP contribution in [0.15, 0.2) is 72.6 Å². The van der Waals surface area contributed by atoms with Crippen LogP contribution in [-0.4, -0.2) is 26.8 Å². The Morgan fingerprint density at radius 1 is 1.06 bits per heavy atom. The molecule has 6 nitrogen and oxygen atoms in total. The van der Waals surface area contributed by atoms with Crippen LogP contribution in [0, 0.1) is 6.92 Å². The highest BCUT2D eigenvalue weighted by Crippen LogP contribution is 2.44. The van der Waals surface area contributed by atoms with Crippen molar-refractivity contribution in [2.24, 2.45) is 0 Å². The second kappa shape index (κ2) is 7.85. The van der Waals surface area contributed by atoms with Gasteiger partial charge in [-0.2, -0.15) is 0 Å². The number of ketones is 1. The van der Waals surface area contributed by atoms with Crippen molar-refractivity contribution in [2.45, 2.75) is 13.0 Å². The molecule has 1 atom stereocenters. The van der Waals surface area contributed by atoms with E-state index in [1.807, 2.05) is 19.1 Å². The number of pyridine rings is 1. The fraction of sp³-hybridized carbons (Fsp3) is 0.0833. The summed E-state index contributed by atoms with van der Waals surface area (Å²) in [5, 5.41) is 12.0. The van der Waals surface area contributed by atoms with E-state index < -0.39 is 17.7 Å². The van der Waals surface area contributed by atoms with Gasteiger partial charge in [0.2, 0.25) is 0 Å². The Kier molecular flexibility index (Phi) is 5.00. The number of amides is 1. The van der Waals surface area contributed by atoms with Gasteiger partial charge >= 0.3 is 5.91 Å². The van der Waals surface area contributed by atoms with Crippen LogP contribution >= 0.6 is 22.9 Å². The van der Waals surface area contributed by atoms with Gasteiger partial charge in [-0.05, 0) is 42.8 Å². The molecule has 158 valence electrons. The summed E-state index contributed by atoms with van der Waals surface area (Å²) in [5.41, 5.74) is 2.81. The molecule has 1 fully saturated rings. The third-order valence-electron chi connectivity index (χ3n) is 5.34. The van der Waals surface area contributed by atoms with Crippen LogP contribution in [-0.2, 0) is 9.59 Å². The summed E-state index contributed by atoms with van der Waals surface area (Å²) in [5.74, 6) is -1.73. The molecule has 32 heavy (non-hydrogen) atoms. The largest absolute Gasteiger partial charge is 0.507 e. The zero-order valence-corrected chi connectivity index (χ0v) is 18.4. The molecule has 1 aliphatic rings. The zero-order valence-electron chi connectivity index (χ0n) is 16.8. The third-order valence-corrected chi connectivity index (χ3v) is 6.59. The molecule has 2 aromatic carbocycles. The summed E-state index contributed by atoms with van der Waals surface area (Å²) < 4.78 is 0.793. The smallest absolute Gasteiger partial charge is 0.301 e. The highest BCUT2D eigenvalue weighted by Gasteiger charge is 2.48. The molecule has 8 heteroatoms. The van der Waals surface area contributed by atoms with Gasteiger partial charge in [0.15, 0.2) is 5.13 Å². The number of carbonyl (C=O) groups is 2. The maximum atomic E-state index is 13.2. The lowest BCUT2D eigenvalue weighted by molar-refractivity contribution is -0.132. The van der Waals surface area contributed by atoms with Crippen molar-refractivity contribution in [3.63, 3.8) is 0 Å². The van der Waals surface area contributed by atoms with E-state index in [0.717, 1.165) is 10.3 Å². The van der Waals surface area contributed by atoms with Gasteiger partial charge in [0.1, 0.15) is 5.76 Å². The first-order chi connectivity index (χ1) is 15.4. The Bertz CT molecular complexity index is 1400. The van der Waals surface area contributed by atoms with Gasteiger partial charge < -0.3 is 5.11 Å². The molecule has 0 radical (unpaired) electrons. The Morgan fingerprint density at radius 2 is 1.78 bits per heavy atom. The number of hydrogen-bond acceptors (Lipinski definition) is 6. The van der Waals surface area contributed by atoms with Crippen molar-refractivity contribution in [1.82, 2.24) is 9.97 Å². The Hall–Kier alpha value is -3.55. The van der Waals surface area contributed by atoms with E-state index in [9.17, 15) is 14.7 Å². The number of aromatic nitrogens is 2. The minimum Gasteiger partial charge on any atom is -0.507 e. The molecule has 1 amide bonds. The lowest BCUT2D eigenvalue weighted by Crippen LogP contribution is -2.29. The van der Waals surface area contributed by atoms with Crippen molar-refractivity contribution in [3.05, 3.63) is 94.3 Å². The predicted molar refractivity (Wildman–Crippen MR) is 125 cm³/mol. The molecule has 1 saturated heterocycles. The Labute approximate surface area is 192 Å². The monoisotopic (exact) mass is 461 g/mol. The van der Waals surface area contributed by atoms with Crippen LogP contribution in [0.3, 0.4) is 0 Å². The molecule has 2 aromatic heterocycles. The number of nitrogens with zero attached hydrogens (tertiary/aromatic N) is 3. The molecule has 4 aromatic rings. The molecule has 1 unspecified atom stereocenters. The van der Waals surface area contributed by atoms with Crippen LogP contribution in [0.2, 0.25) is 5.02 Å². The van der Waals surface area contributed by atoms with Crippen molar-refractivity contribution in [2.75, 3.05) is 4.90 Å². The third kappa shape index (κ3) is 3.36. The van der Waals surface area contributed by atoms with Crippen LogP contribution in [0.1, 0.15) is 22.7 Å². The average molecular weight is 462 g/mol. The van der Waals surface area contributed by atoms with Crippen LogP contribution in [0.5, 0.6) is 0 Å². The van der Waals surface area contributed by atoms with Gasteiger partial charge in [0.05, 0.1) is 21.8 Å². The lowest BCUT2D eigenvalue weighted by Gasteiger charge is -2.22. The maximum Gasteiger partial charge on any atom is 0.301 e. The molecule has 0 bridgehead atoms. The number of carbonyl (C=O) groups excluding carboxylic acids is 2. The molecular weight excluding hydrogens is 446 g/mol. The summed E-state index contributed by atoms with van der Waals surface area (Å²) in [6.45, 7) is 1.93. The first-order valence-electron chi connectivity index (χ1n) is 9.78. The highest BCUT2D eigenvalue weighted by molar-refractivity contribution is 7.22. The van der Waals surface area contributed by atoms with E-state index in [-0.39, 0.29) is 11.3 Å². The quantitative estimate of drug-likeness (QED) is 0.255. The minimum absolute atomic E-state index is 0.0161.